The maximum absolute atomic E-state index is 12.4. The first-order valence-corrected chi connectivity index (χ1v) is 7.85. The Kier molecular flexibility index (Phi) is 4.34. The maximum atomic E-state index is 12.4. The van der Waals surface area contributed by atoms with E-state index in [0.717, 1.165) is 5.56 Å². The number of carbonyl (C=O) groups excluding carboxylic acids is 1. The molecule has 0 saturated heterocycles. The lowest BCUT2D eigenvalue weighted by atomic mass is 9.99. The molecule has 0 aliphatic carbocycles. The van der Waals surface area contributed by atoms with Crippen LogP contribution in [0.25, 0.3) is 6.08 Å². The van der Waals surface area contributed by atoms with Crippen molar-refractivity contribution in [1.29, 1.82) is 0 Å². The molecule has 1 unspecified atom stereocenters. The van der Waals surface area contributed by atoms with Crippen molar-refractivity contribution >= 4 is 23.6 Å². The second kappa shape index (κ2) is 6.30. The number of fused-ring (bicyclic) bond motifs is 1. The summed E-state index contributed by atoms with van der Waals surface area (Å²) in [4.78, 5) is 12.4. The number of aryl methyl sites for hydroxylation is 1. The molecule has 6 nitrogen and oxygen atoms in total. The number of benzene rings is 1. The lowest BCUT2D eigenvalue weighted by molar-refractivity contribution is -0.119. The van der Waals surface area contributed by atoms with Gasteiger partial charge in [-0.15, -0.1) is 0 Å². The molecule has 1 amide bonds. The first-order valence-electron chi connectivity index (χ1n) is 7.48. The van der Waals surface area contributed by atoms with E-state index < -0.39 is 5.60 Å². The number of rotatable bonds is 4. The molecule has 1 aromatic carbocycles. The van der Waals surface area contributed by atoms with Crippen LogP contribution >= 0.6 is 11.6 Å². The maximum Gasteiger partial charge on any atom is 0.250 e. The molecular formula is C17H18ClN3O3. The number of amides is 1. The number of nitrogens with zero attached hydrogens (tertiary/aromatic N) is 2. The molecule has 1 aromatic heterocycles. The van der Waals surface area contributed by atoms with Gasteiger partial charge in [0.2, 0.25) is 0 Å². The molecule has 0 fully saturated rings. The van der Waals surface area contributed by atoms with E-state index in [1.807, 2.05) is 0 Å². The van der Waals surface area contributed by atoms with Gasteiger partial charge in [-0.05, 0) is 31.2 Å². The van der Waals surface area contributed by atoms with E-state index in [2.05, 4.69) is 10.4 Å². The van der Waals surface area contributed by atoms with Crippen LogP contribution in [0.1, 0.15) is 18.1 Å². The minimum Gasteiger partial charge on any atom is -0.488 e. The number of ether oxygens (including phenoxy) is 1. The SMILES string of the molecule is Cn1cc(C(C)(O)CNC(=O)C2=Cc3cc(Cl)ccc3OC2)cn1. The predicted octanol–water partition coefficient (Wildman–Crippen LogP) is 1.87. The number of hydrogen-bond donors (Lipinski definition) is 2. The van der Waals surface area contributed by atoms with Crippen molar-refractivity contribution in [2.24, 2.45) is 7.05 Å². The molecule has 0 radical (unpaired) electrons. The van der Waals surface area contributed by atoms with Crippen LogP contribution in [-0.2, 0) is 17.4 Å². The summed E-state index contributed by atoms with van der Waals surface area (Å²) in [7, 11) is 1.77. The molecule has 0 spiro atoms. The van der Waals surface area contributed by atoms with Gasteiger partial charge in [-0.25, -0.2) is 0 Å². The quantitative estimate of drug-likeness (QED) is 0.885. The third-order valence-electron chi connectivity index (χ3n) is 3.90. The lowest BCUT2D eigenvalue weighted by Gasteiger charge is -2.23. The minimum atomic E-state index is -1.21. The topological polar surface area (TPSA) is 76.4 Å². The molecule has 2 heterocycles. The van der Waals surface area contributed by atoms with Crippen LogP contribution in [-0.4, -0.2) is 33.9 Å². The summed E-state index contributed by atoms with van der Waals surface area (Å²) >= 11 is 5.97. The summed E-state index contributed by atoms with van der Waals surface area (Å²) in [6, 6.07) is 5.26. The van der Waals surface area contributed by atoms with Gasteiger partial charge in [0.05, 0.1) is 18.3 Å². The molecule has 7 heteroatoms. The van der Waals surface area contributed by atoms with Gasteiger partial charge in [0.1, 0.15) is 18.0 Å². The van der Waals surface area contributed by atoms with E-state index in [9.17, 15) is 9.90 Å². The van der Waals surface area contributed by atoms with Gasteiger partial charge in [-0.3, -0.25) is 9.48 Å². The molecule has 3 rings (SSSR count). The van der Waals surface area contributed by atoms with Crippen LogP contribution in [0.5, 0.6) is 5.75 Å². The Hall–Kier alpha value is -2.31. The molecule has 126 valence electrons. The first kappa shape index (κ1) is 16.5. The highest BCUT2D eigenvalue weighted by Gasteiger charge is 2.26. The van der Waals surface area contributed by atoms with E-state index >= 15 is 0 Å². The largest absolute Gasteiger partial charge is 0.488 e. The molecule has 1 aliphatic heterocycles. The van der Waals surface area contributed by atoms with Crippen LogP contribution in [0.15, 0.2) is 36.2 Å². The second-order valence-electron chi connectivity index (χ2n) is 6.00. The fourth-order valence-corrected chi connectivity index (χ4v) is 2.63. The third-order valence-corrected chi connectivity index (χ3v) is 4.13. The van der Waals surface area contributed by atoms with Gasteiger partial charge in [-0.1, -0.05) is 11.6 Å². The Morgan fingerprint density at radius 3 is 3.04 bits per heavy atom. The Morgan fingerprint density at radius 2 is 2.33 bits per heavy atom. The number of halogens is 1. The first-order chi connectivity index (χ1) is 11.3. The molecule has 0 saturated carbocycles. The van der Waals surface area contributed by atoms with Crippen LogP contribution in [0, 0.1) is 0 Å². The van der Waals surface area contributed by atoms with Crippen LogP contribution in [0.2, 0.25) is 5.02 Å². The molecule has 0 bridgehead atoms. The molecule has 24 heavy (non-hydrogen) atoms. The predicted molar refractivity (Wildman–Crippen MR) is 90.7 cm³/mol. The van der Waals surface area contributed by atoms with Crippen LogP contribution in [0.3, 0.4) is 0 Å². The monoisotopic (exact) mass is 347 g/mol. The Morgan fingerprint density at radius 1 is 1.54 bits per heavy atom. The normalized spacial score (nSPS) is 15.8. The highest BCUT2D eigenvalue weighted by molar-refractivity contribution is 6.30. The summed E-state index contributed by atoms with van der Waals surface area (Å²) < 4.78 is 7.17. The van der Waals surface area contributed by atoms with Gasteiger partial charge in [0.25, 0.3) is 5.91 Å². The molecule has 1 atom stereocenters. The average molecular weight is 348 g/mol. The molecule has 1 aliphatic rings. The fraction of sp³-hybridized carbons (Fsp3) is 0.294. The fourth-order valence-electron chi connectivity index (χ4n) is 2.45. The lowest BCUT2D eigenvalue weighted by Crippen LogP contribution is -2.40. The summed E-state index contributed by atoms with van der Waals surface area (Å²) in [5.74, 6) is 0.406. The average Bonchev–Trinajstić information content (AvgIpc) is 2.99. The van der Waals surface area contributed by atoms with Gasteiger partial charge in [-0.2, -0.15) is 5.10 Å². The zero-order valence-electron chi connectivity index (χ0n) is 13.4. The summed E-state index contributed by atoms with van der Waals surface area (Å²) in [6.45, 7) is 1.87. The second-order valence-corrected chi connectivity index (χ2v) is 6.44. The summed E-state index contributed by atoms with van der Waals surface area (Å²) in [6.07, 6.45) is 5.04. The van der Waals surface area contributed by atoms with E-state index in [4.69, 9.17) is 16.3 Å². The number of nitrogens with one attached hydrogen (secondary N) is 1. The van der Waals surface area contributed by atoms with Crippen molar-refractivity contribution in [3.8, 4) is 5.75 Å². The highest BCUT2D eigenvalue weighted by Crippen LogP contribution is 2.29. The Balaban J connectivity index is 1.69. The number of hydrogen-bond acceptors (Lipinski definition) is 4. The van der Waals surface area contributed by atoms with Crippen molar-refractivity contribution in [3.05, 3.63) is 52.3 Å². The Bertz CT molecular complexity index is 811. The van der Waals surface area contributed by atoms with Gasteiger partial charge in [0.15, 0.2) is 0 Å². The molecule has 2 N–H and O–H groups in total. The van der Waals surface area contributed by atoms with Crippen molar-refractivity contribution in [1.82, 2.24) is 15.1 Å². The van der Waals surface area contributed by atoms with Crippen molar-refractivity contribution in [2.45, 2.75) is 12.5 Å². The standard InChI is InChI=1S/C17H18ClN3O3/c1-17(23,13-7-20-21(2)8-13)10-19-16(22)12-5-11-6-14(18)3-4-15(11)24-9-12/h3-8,23H,9-10H2,1-2H3,(H,19,22). The number of carbonyl (C=O) groups is 1. The zero-order chi connectivity index (χ0) is 17.3. The van der Waals surface area contributed by atoms with Gasteiger partial charge >= 0.3 is 0 Å². The van der Waals surface area contributed by atoms with Crippen LogP contribution in [0.4, 0.5) is 0 Å². The minimum absolute atomic E-state index is 0.0667. The van der Waals surface area contributed by atoms with Crippen molar-refractivity contribution in [3.63, 3.8) is 0 Å². The van der Waals surface area contributed by atoms with Crippen LogP contribution < -0.4 is 10.1 Å². The summed E-state index contributed by atoms with van der Waals surface area (Å²) in [5, 5.41) is 17.9. The zero-order valence-corrected chi connectivity index (χ0v) is 14.2. The van der Waals surface area contributed by atoms with Crippen molar-refractivity contribution in [2.75, 3.05) is 13.2 Å². The van der Waals surface area contributed by atoms with E-state index in [0.29, 0.717) is 21.9 Å². The van der Waals surface area contributed by atoms with E-state index in [-0.39, 0.29) is 19.1 Å². The van der Waals surface area contributed by atoms with E-state index in [1.165, 1.54) is 0 Å². The van der Waals surface area contributed by atoms with Crippen molar-refractivity contribution < 1.29 is 14.6 Å². The van der Waals surface area contributed by atoms with Gasteiger partial charge < -0.3 is 15.2 Å². The Labute approximate surface area is 144 Å². The number of aromatic nitrogens is 2. The smallest absolute Gasteiger partial charge is 0.250 e. The van der Waals surface area contributed by atoms with E-state index in [1.54, 1.807) is 55.3 Å². The highest BCUT2D eigenvalue weighted by atomic mass is 35.5. The molecular weight excluding hydrogens is 330 g/mol. The summed E-state index contributed by atoms with van der Waals surface area (Å²) in [5.41, 5.74) is 0.669. The third kappa shape index (κ3) is 3.44. The van der Waals surface area contributed by atoms with Gasteiger partial charge in [0, 0.05) is 29.4 Å². The number of aliphatic hydroxyl groups is 1. The molecule has 2 aromatic rings.